The summed E-state index contributed by atoms with van der Waals surface area (Å²) >= 11 is 0. The molecule has 1 fully saturated rings. The van der Waals surface area contributed by atoms with E-state index < -0.39 is 29.6 Å². The maximum Gasteiger partial charge on any atom is 0.339 e. The molecular weight excluding hydrogens is 372 g/mol. The molecule has 0 N–H and O–H groups in total. The second-order valence-electron chi connectivity index (χ2n) is 6.34. The minimum absolute atomic E-state index is 0.143. The molecule has 2 rings (SSSR count). The second kappa shape index (κ2) is 10.5. The predicted molar refractivity (Wildman–Crippen MR) is 93.9 cm³/mol. The first-order valence-electron chi connectivity index (χ1n) is 8.79. The van der Waals surface area contributed by atoms with Gasteiger partial charge in [0.2, 0.25) is 5.72 Å². The molecule has 0 bridgehead atoms. The lowest BCUT2D eigenvalue weighted by Gasteiger charge is -2.30. The standard InChI is InChI=1S/C18H22N2O8/c1-13(21)26-11-14(12-27-17(23)15-3-2-6-19-10-15)9-16(22)28-18(20-24)4-7-25-8-5-18/h2-3,6,10,14H,4-5,7-9,11-12H2,1H3. The van der Waals surface area contributed by atoms with Crippen LogP contribution in [0.2, 0.25) is 0 Å². The highest BCUT2D eigenvalue weighted by Gasteiger charge is 2.38. The van der Waals surface area contributed by atoms with Gasteiger partial charge in [0.05, 0.1) is 38.4 Å². The van der Waals surface area contributed by atoms with Gasteiger partial charge in [0.25, 0.3) is 0 Å². The molecule has 1 aliphatic heterocycles. The Morgan fingerprint density at radius 3 is 2.57 bits per heavy atom. The highest BCUT2D eigenvalue weighted by molar-refractivity contribution is 5.88. The summed E-state index contributed by atoms with van der Waals surface area (Å²) in [5.74, 6) is -2.49. The van der Waals surface area contributed by atoms with Gasteiger partial charge in [-0.1, -0.05) is 0 Å². The Morgan fingerprint density at radius 1 is 1.25 bits per heavy atom. The van der Waals surface area contributed by atoms with E-state index in [4.69, 9.17) is 18.9 Å². The van der Waals surface area contributed by atoms with Crippen molar-refractivity contribution in [2.45, 2.75) is 31.9 Å². The highest BCUT2D eigenvalue weighted by Crippen LogP contribution is 2.27. The topological polar surface area (TPSA) is 130 Å². The Labute approximate surface area is 161 Å². The monoisotopic (exact) mass is 394 g/mol. The average molecular weight is 394 g/mol. The van der Waals surface area contributed by atoms with E-state index in [0.29, 0.717) is 0 Å². The largest absolute Gasteiger partial charge is 0.465 e. The zero-order chi connectivity index (χ0) is 20.4. The Balaban J connectivity index is 1.93. The fourth-order valence-electron chi connectivity index (χ4n) is 2.55. The molecule has 10 heteroatoms. The molecule has 1 aliphatic rings. The molecule has 1 saturated heterocycles. The normalized spacial score (nSPS) is 16.5. The Hall–Kier alpha value is -2.88. The SMILES string of the molecule is CC(=O)OCC(COC(=O)c1cccnc1)CC(=O)OC1(N=O)CCOCC1. The van der Waals surface area contributed by atoms with E-state index in [0.717, 1.165) is 0 Å². The van der Waals surface area contributed by atoms with E-state index in [2.05, 4.69) is 10.2 Å². The van der Waals surface area contributed by atoms with Crippen LogP contribution >= 0.6 is 0 Å². The Kier molecular flexibility index (Phi) is 8.00. The summed E-state index contributed by atoms with van der Waals surface area (Å²) in [7, 11) is 0. The van der Waals surface area contributed by atoms with Crippen molar-refractivity contribution in [3.8, 4) is 0 Å². The van der Waals surface area contributed by atoms with Crippen LogP contribution in [0.1, 0.15) is 36.5 Å². The molecule has 152 valence electrons. The van der Waals surface area contributed by atoms with Crippen LogP contribution in [0.25, 0.3) is 0 Å². The maximum atomic E-state index is 12.3. The average Bonchev–Trinajstić information content (AvgIpc) is 2.71. The summed E-state index contributed by atoms with van der Waals surface area (Å²) in [5, 5.41) is 2.96. The van der Waals surface area contributed by atoms with Gasteiger partial charge in [-0.05, 0) is 17.3 Å². The molecule has 0 aromatic carbocycles. The summed E-state index contributed by atoms with van der Waals surface area (Å²) < 4.78 is 20.5. The van der Waals surface area contributed by atoms with Gasteiger partial charge in [-0.2, -0.15) is 0 Å². The molecule has 1 atom stereocenters. The van der Waals surface area contributed by atoms with Crippen molar-refractivity contribution >= 4 is 17.9 Å². The van der Waals surface area contributed by atoms with Gasteiger partial charge in [0.1, 0.15) is 0 Å². The van der Waals surface area contributed by atoms with Crippen LogP contribution in [0, 0.1) is 10.8 Å². The van der Waals surface area contributed by atoms with Crippen LogP contribution in [0.15, 0.2) is 29.7 Å². The first-order valence-corrected chi connectivity index (χ1v) is 8.79. The molecule has 0 amide bonds. The van der Waals surface area contributed by atoms with Crippen LogP contribution in [-0.4, -0.2) is 55.0 Å². The Morgan fingerprint density at radius 2 is 1.96 bits per heavy atom. The molecule has 0 aliphatic carbocycles. The van der Waals surface area contributed by atoms with E-state index in [-0.39, 0.29) is 51.3 Å². The summed E-state index contributed by atoms with van der Waals surface area (Å²) in [5.41, 5.74) is -1.20. The number of ether oxygens (including phenoxy) is 4. The summed E-state index contributed by atoms with van der Waals surface area (Å²) in [4.78, 5) is 50.4. The minimum atomic E-state index is -1.45. The number of hydrogen-bond acceptors (Lipinski definition) is 10. The molecule has 28 heavy (non-hydrogen) atoms. The fourth-order valence-corrected chi connectivity index (χ4v) is 2.55. The van der Waals surface area contributed by atoms with Gasteiger partial charge in [-0.25, -0.2) is 4.79 Å². The van der Waals surface area contributed by atoms with Crippen LogP contribution in [0.5, 0.6) is 0 Å². The number of pyridine rings is 1. The number of carbonyl (C=O) groups is 3. The molecule has 1 aromatic heterocycles. The van der Waals surface area contributed by atoms with Gasteiger partial charge in [-0.15, -0.1) is 4.91 Å². The predicted octanol–water partition coefficient (Wildman–Crippen LogP) is 1.62. The molecule has 2 heterocycles. The lowest BCUT2D eigenvalue weighted by atomic mass is 10.0. The lowest BCUT2D eigenvalue weighted by molar-refractivity contribution is -0.171. The van der Waals surface area contributed by atoms with Gasteiger partial charge < -0.3 is 18.9 Å². The quantitative estimate of drug-likeness (QED) is 0.348. The van der Waals surface area contributed by atoms with E-state index in [1.165, 1.54) is 25.4 Å². The maximum absolute atomic E-state index is 12.3. The van der Waals surface area contributed by atoms with Crippen LogP contribution in [-0.2, 0) is 28.5 Å². The van der Waals surface area contributed by atoms with E-state index in [1.807, 2.05) is 0 Å². The van der Waals surface area contributed by atoms with Crippen LogP contribution in [0.3, 0.4) is 0 Å². The second-order valence-corrected chi connectivity index (χ2v) is 6.34. The van der Waals surface area contributed by atoms with Crippen molar-refractivity contribution in [2.24, 2.45) is 11.1 Å². The van der Waals surface area contributed by atoms with Gasteiger partial charge in [0, 0.05) is 38.1 Å². The van der Waals surface area contributed by atoms with Gasteiger partial charge in [0.15, 0.2) is 0 Å². The van der Waals surface area contributed by atoms with Crippen molar-refractivity contribution in [1.82, 2.24) is 4.98 Å². The Bertz CT molecular complexity index is 688. The first-order chi connectivity index (χ1) is 13.4. The smallest absolute Gasteiger partial charge is 0.339 e. The zero-order valence-corrected chi connectivity index (χ0v) is 15.5. The zero-order valence-electron chi connectivity index (χ0n) is 15.5. The molecule has 10 nitrogen and oxygen atoms in total. The molecule has 0 saturated carbocycles. The van der Waals surface area contributed by atoms with Gasteiger partial charge in [-0.3, -0.25) is 14.6 Å². The number of nitroso groups, excluding NO2 is 1. The summed E-state index contributed by atoms with van der Waals surface area (Å²) in [6, 6.07) is 3.12. The highest BCUT2D eigenvalue weighted by atomic mass is 16.6. The number of hydrogen-bond donors (Lipinski definition) is 0. The van der Waals surface area contributed by atoms with Crippen molar-refractivity contribution in [1.29, 1.82) is 0 Å². The number of rotatable bonds is 9. The van der Waals surface area contributed by atoms with Crippen LogP contribution in [0.4, 0.5) is 0 Å². The number of carbonyl (C=O) groups excluding carboxylic acids is 3. The molecular formula is C18H22N2O8. The lowest BCUT2D eigenvalue weighted by Crippen LogP contribution is -2.39. The first kappa shape index (κ1) is 21.4. The third-order valence-electron chi connectivity index (χ3n) is 4.07. The summed E-state index contributed by atoms with van der Waals surface area (Å²) in [6.07, 6.45) is 3.00. The van der Waals surface area contributed by atoms with Crippen LogP contribution < -0.4 is 0 Å². The molecule has 0 spiro atoms. The van der Waals surface area contributed by atoms with E-state index in [1.54, 1.807) is 6.07 Å². The van der Waals surface area contributed by atoms with Gasteiger partial charge >= 0.3 is 17.9 Å². The third kappa shape index (κ3) is 6.69. The number of nitrogens with zero attached hydrogens (tertiary/aromatic N) is 2. The number of aromatic nitrogens is 1. The third-order valence-corrected chi connectivity index (χ3v) is 4.07. The fraction of sp³-hybridized carbons (Fsp3) is 0.556. The van der Waals surface area contributed by atoms with E-state index in [9.17, 15) is 19.3 Å². The molecule has 1 aromatic rings. The molecule has 0 radical (unpaired) electrons. The van der Waals surface area contributed by atoms with Crippen molar-refractivity contribution in [2.75, 3.05) is 26.4 Å². The van der Waals surface area contributed by atoms with Crippen molar-refractivity contribution < 1.29 is 33.3 Å². The summed E-state index contributed by atoms with van der Waals surface area (Å²) in [6.45, 7) is 1.43. The number of esters is 3. The van der Waals surface area contributed by atoms with E-state index >= 15 is 0 Å². The van der Waals surface area contributed by atoms with Crippen molar-refractivity contribution in [3.05, 3.63) is 35.0 Å². The minimum Gasteiger partial charge on any atom is -0.465 e. The molecule has 1 unspecified atom stereocenters. The van der Waals surface area contributed by atoms with Crippen molar-refractivity contribution in [3.63, 3.8) is 0 Å².